The number of phosphoric acid groups is 1. The quantitative estimate of drug-likeness (QED) is 0.0273. The zero-order valence-electron chi connectivity index (χ0n) is 34.5. The van der Waals surface area contributed by atoms with Crippen molar-refractivity contribution in [2.24, 2.45) is 5.73 Å². The first kappa shape index (κ1) is 51.7. The molecule has 0 aromatic carbocycles. The van der Waals surface area contributed by atoms with E-state index >= 15 is 0 Å². The lowest BCUT2D eigenvalue weighted by molar-refractivity contribution is -0.154. The van der Waals surface area contributed by atoms with Crippen molar-refractivity contribution in [1.29, 1.82) is 0 Å². The number of phosphoric ester groups is 1. The van der Waals surface area contributed by atoms with Crippen LogP contribution < -0.4 is 5.73 Å². The zero-order valence-corrected chi connectivity index (χ0v) is 35.4. The topological polar surface area (TPSA) is 117 Å². The summed E-state index contributed by atoms with van der Waals surface area (Å²) in [5.41, 5.74) is 5.37. The van der Waals surface area contributed by atoms with Gasteiger partial charge in [0.2, 0.25) is 0 Å². The van der Waals surface area contributed by atoms with Crippen LogP contribution in [0.1, 0.15) is 200 Å². The van der Waals surface area contributed by atoms with E-state index in [1.54, 1.807) is 0 Å². The van der Waals surface area contributed by atoms with Crippen molar-refractivity contribution in [1.82, 2.24) is 0 Å². The largest absolute Gasteiger partial charge is 0.472 e. The van der Waals surface area contributed by atoms with Crippen LogP contribution in [0.5, 0.6) is 0 Å². The number of carbonyl (C=O) groups excluding carboxylic acids is 1. The van der Waals surface area contributed by atoms with Crippen LogP contribution in [0.3, 0.4) is 0 Å². The van der Waals surface area contributed by atoms with Gasteiger partial charge in [0, 0.05) is 19.6 Å². The molecule has 0 aliphatic heterocycles. The highest BCUT2D eigenvalue weighted by molar-refractivity contribution is 7.47. The van der Waals surface area contributed by atoms with Gasteiger partial charge < -0.3 is 20.1 Å². The van der Waals surface area contributed by atoms with Crippen LogP contribution in [0, 0.1) is 0 Å². The van der Waals surface area contributed by atoms with E-state index in [1.807, 2.05) is 0 Å². The SMILES string of the molecule is CCCC/C=C\C/C=C\CCCCCCCC(=O)OC(COCCCCCCCCCCCC/C=C\CCCCCCCC)COP(=O)(O)OCCN. The van der Waals surface area contributed by atoms with Crippen LogP contribution in [0.4, 0.5) is 0 Å². The van der Waals surface area contributed by atoms with Gasteiger partial charge in [-0.05, 0) is 64.2 Å². The molecule has 0 amide bonds. The standard InChI is InChI=1S/C44H84NO7P/c1-3-5-7-9-11-13-15-17-19-20-21-22-23-24-26-28-30-32-34-36-39-49-41-43(42-51-53(47,48)50-40-38-45)52-44(46)37-35-33-31-29-27-25-18-16-14-12-10-8-6-4-2/h10,12,16-19,43H,3-9,11,13-15,20-42,45H2,1-2H3,(H,47,48)/b12-10-,18-16-,19-17-. The molecule has 0 radical (unpaired) electrons. The number of rotatable bonds is 42. The molecule has 53 heavy (non-hydrogen) atoms. The predicted octanol–water partition coefficient (Wildman–Crippen LogP) is 13.0. The van der Waals surface area contributed by atoms with Gasteiger partial charge in [0.25, 0.3) is 0 Å². The fourth-order valence-corrected chi connectivity index (χ4v) is 6.77. The number of nitrogens with two attached hydrogens (primary N) is 1. The minimum absolute atomic E-state index is 0.0976. The van der Waals surface area contributed by atoms with E-state index in [1.165, 1.54) is 122 Å². The number of ether oxygens (including phenoxy) is 2. The minimum Gasteiger partial charge on any atom is -0.457 e. The minimum atomic E-state index is -4.28. The summed E-state index contributed by atoms with van der Waals surface area (Å²) in [6.07, 6.45) is 47.3. The summed E-state index contributed by atoms with van der Waals surface area (Å²) >= 11 is 0. The third-order valence-electron chi connectivity index (χ3n) is 9.28. The molecule has 0 fully saturated rings. The van der Waals surface area contributed by atoms with Crippen molar-refractivity contribution in [3.8, 4) is 0 Å². The van der Waals surface area contributed by atoms with Gasteiger partial charge in [-0.3, -0.25) is 13.8 Å². The first-order valence-corrected chi connectivity index (χ1v) is 23.5. The number of unbranched alkanes of at least 4 members (excludes halogenated alkanes) is 23. The van der Waals surface area contributed by atoms with Crippen LogP contribution in [0.15, 0.2) is 36.5 Å². The fourth-order valence-electron chi connectivity index (χ4n) is 6.01. The molecule has 0 aromatic rings. The van der Waals surface area contributed by atoms with Gasteiger partial charge in [0.1, 0.15) is 6.10 Å². The van der Waals surface area contributed by atoms with Crippen molar-refractivity contribution >= 4 is 13.8 Å². The number of hydrogen-bond donors (Lipinski definition) is 2. The van der Waals surface area contributed by atoms with E-state index in [2.05, 4.69) is 50.3 Å². The van der Waals surface area contributed by atoms with Gasteiger partial charge in [-0.2, -0.15) is 0 Å². The molecule has 312 valence electrons. The highest BCUT2D eigenvalue weighted by Crippen LogP contribution is 2.43. The second kappa shape index (κ2) is 41.9. The average molecular weight is 770 g/mol. The summed E-state index contributed by atoms with van der Waals surface area (Å²) in [7, 11) is -4.28. The summed E-state index contributed by atoms with van der Waals surface area (Å²) in [5, 5.41) is 0. The van der Waals surface area contributed by atoms with Gasteiger partial charge in [-0.25, -0.2) is 4.57 Å². The Labute approximate surface area is 327 Å². The van der Waals surface area contributed by atoms with Crippen LogP contribution in [-0.2, 0) is 27.9 Å². The molecule has 0 rings (SSSR count). The molecular weight excluding hydrogens is 685 g/mol. The van der Waals surface area contributed by atoms with Crippen LogP contribution in [0.25, 0.3) is 0 Å². The Bertz CT molecular complexity index is 910. The predicted molar refractivity (Wildman–Crippen MR) is 224 cm³/mol. The highest BCUT2D eigenvalue weighted by Gasteiger charge is 2.25. The molecule has 0 aliphatic carbocycles. The van der Waals surface area contributed by atoms with Crippen LogP contribution in [0.2, 0.25) is 0 Å². The Balaban J connectivity index is 4.00. The van der Waals surface area contributed by atoms with Crippen molar-refractivity contribution < 1.29 is 32.8 Å². The van der Waals surface area contributed by atoms with Crippen molar-refractivity contribution in [2.45, 2.75) is 206 Å². The van der Waals surface area contributed by atoms with Crippen molar-refractivity contribution in [2.75, 3.05) is 33.0 Å². The third kappa shape index (κ3) is 41.7. The Morgan fingerprint density at radius 2 is 1.02 bits per heavy atom. The number of hydrogen-bond acceptors (Lipinski definition) is 7. The lowest BCUT2D eigenvalue weighted by Gasteiger charge is -2.20. The molecule has 0 bridgehead atoms. The van der Waals surface area contributed by atoms with Gasteiger partial charge in [0.05, 0.1) is 19.8 Å². The molecule has 2 atom stereocenters. The van der Waals surface area contributed by atoms with Crippen molar-refractivity contribution in [3.05, 3.63) is 36.5 Å². The monoisotopic (exact) mass is 770 g/mol. The molecule has 0 aliphatic rings. The lowest BCUT2D eigenvalue weighted by atomic mass is 10.1. The summed E-state index contributed by atoms with van der Waals surface area (Å²) < 4.78 is 33.4. The van der Waals surface area contributed by atoms with E-state index in [-0.39, 0.29) is 32.3 Å². The zero-order chi connectivity index (χ0) is 38.8. The van der Waals surface area contributed by atoms with Gasteiger partial charge in [-0.15, -0.1) is 0 Å². The summed E-state index contributed by atoms with van der Waals surface area (Å²) in [6.45, 7) is 4.87. The summed E-state index contributed by atoms with van der Waals surface area (Å²) in [6, 6.07) is 0. The van der Waals surface area contributed by atoms with Crippen molar-refractivity contribution in [3.63, 3.8) is 0 Å². The van der Waals surface area contributed by atoms with Crippen LogP contribution >= 0.6 is 7.82 Å². The highest BCUT2D eigenvalue weighted by atomic mass is 31.2. The van der Waals surface area contributed by atoms with E-state index in [0.717, 1.165) is 57.8 Å². The smallest absolute Gasteiger partial charge is 0.457 e. The number of esters is 1. The lowest BCUT2D eigenvalue weighted by Crippen LogP contribution is -2.28. The number of carbonyl (C=O) groups is 1. The molecule has 9 heteroatoms. The van der Waals surface area contributed by atoms with Crippen LogP contribution in [-0.4, -0.2) is 49.9 Å². The molecule has 3 N–H and O–H groups in total. The molecular formula is C44H84NO7P. The normalized spacial score (nSPS) is 13.8. The number of allylic oxidation sites excluding steroid dienone is 6. The van der Waals surface area contributed by atoms with E-state index in [0.29, 0.717) is 13.0 Å². The second-order valence-corrected chi connectivity index (χ2v) is 16.0. The molecule has 0 saturated carbocycles. The maximum atomic E-state index is 12.6. The van der Waals surface area contributed by atoms with E-state index in [9.17, 15) is 14.3 Å². The maximum Gasteiger partial charge on any atom is 0.472 e. The molecule has 8 nitrogen and oxygen atoms in total. The summed E-state index contributed by atoms with van der Waals surface area (Å²) in [4.78, 5) is 22.5. The maximum absolute atomic E-state index is 12.6. The van der Waals surface area contributed by atoms with E-state index < -0.39 is 13.9 Å². The molecule has 0 heterocycles. The Hall–Kier alpha value is -1.28. The Morgan fingerprint density at radius 3 is 1.55 bits per heavy atom. The fraction of sp³-hybridized carbons (Fsp3) is 0.841. The van der Waals surface area contributed by atoms with Gasteiger partial charge in [-0.1, -0.05) is 166 Å². The molecule has 2 unspecified atom stereocenters. The second-order valence-electron chi connectivity index (χ2n) is 14.6. The van der Waals surface area contributed by atoms with Gasteiger partial charge in [0.15, 0.2) is 0 Å². The third-order valence-corrected chi connectivity index (χ3v) is 10.3. The van der Waals surface area contributed by atoms with Gasteiger partial charge >= 0.3 is 13.8 Å². The molecule has 0 spiro atoms. The Morgan fingerprint density at radius 1 is 0.566 bits per heavy atom. The molecule has 0 saturated heterocycles. The van der Waals surface area contributed by atoms with E-state index in [4.69, 9.17) is 24.3 Å². The first-order chi connectivity index (χ1) is 25.9. The first-order valence-electron chi connectivity index (χ1n) is 22.0. The summed E-state index contributed by atoms with van der Waals surface area (Å²) in [5.74, 6) is -0.344. The Kier molecular flexibility index (Phi) is 40.9. The average Bonchev–Trinajstić information content (AvgIpc) is 3.15. The molecule has 0 aromatic heterocycles.